The zero-order valence-electron chi connectivity index (χ0n) is 9.73. The summed E-state index contributed by atoms with van der Waals surface area (Å²) in [4.78, 5) is 11.5. The molecule has 0 amide bonds. The summed E-state index contributed by atoms with van der Waals surface area (Å²) in [7, 11) is 0. The van der Waals surface area contributed by atoms with Crippen LogP contribution in [-0.2, 0) is 9.53 Å². The molecule has 1 atom stereocenters. The molecule has 3 N–H and O–H groups in total. The number of carbonyl (C=O) groups is 1. The van der Waals surface area contributed by atoms with Gasteiger partial charge < -0.3 is 10.5 Å². The molecule has 0 aromatic heterocycles. The summed E-state index contributed by atoms with van der Waals surface area (Å²) in [6, 6.07) is 0. The maximum absolute atomic E-state index is 11.5. The van der Waals surface area contributed by atoms with Crippen LogP contribution in [0.5, 0.6) is 0 Å². The number of hydrogen-bond acceptors (Lipinski definition) is 4. The molecule has 0 spiro atoms. The number of unbranched alkanes of at least 4 members (excludes halogenated alkanes) is 1. The van der Waals surface area contributed by atoms with Crippen LogP contribution in [0.25, 0.3) is 0 Å². The number of esters is 1. The van der Waals surface area contributed by atoms with Gasteiger partial charge in [0.25, 0.3) is 0 Å². The number of carbonyl (C=O) groups excluding carboxylic acids is 1. The summed E-state index contributed by atoms with van der Waals surface area (Å²) in [5.41, 5.74) is 7.62. The van der Waals surface area contributed by atoms with Crippen LogP contribution in [0.3, 0.4) is 0 Å². The highest BCUT2D eigenvalue weighted by molar-refractivity contribution is 7.80. The van der Waals surface area contributed by atoms with Gasteiger partial charge in [0, 0.05) is 6.21 Å². The van der Waals surface area contributed by atoms with Crippen molar-refractivity contribution in [3.05, 3.63) is 0 Å². The maximum Gasteiger partial charge on any atom is 0.314 e. The van der Waals surface area contributed by atoms with Crippen molar-refractivity contribution in [2.45, 2.75) is 33.1 Å². The van der Waals surface area contributed by atoms with Crippen molar-refractivity contribution < 1.29 is 9.53 Å². The fourth-order valence-electron chi connectivity index (χ4n) is 1.12. The molecular formula is C10H19N3O2S. The number of hydrazone groups is 1. The average molecular weight is 245 g/mol. The van der Waals surface area contributed by atoms with Crippen LogP contribution < -0.4 is 11.2 Å². The van der Waals surface area contributed by atoms with Crippen molar-refractivity contribution in [3.8, 4) is 0 Å². The van der Waals surface area contributed by atoms with Gasteiger partial charge in [0.2, 0.25) is 0 Å². The number of nitrogens with one attached hydrogen (secondary N) is 1. The van der Waals surface area contributed by atoms with E-state index in [1.54, 1.807) is 6.92 Å². The maximum atomic E-state index is 11.5. The van der Waals surface area contributed by atoms with Crippen LogP contribution >= 0.6 is 12.2 Å². The molecule has 0 aromatic carbocycles. The van der Waals surface area contributed by atoms with Crippen LogP contribution in [-0.4, -0.2) is 23.9 Å². The van der Waals surface area contributed by atoms with Gasteiger partial charge in [0.05, 0.1) is 12.5 Å². The predicted molar refractivity (Wildman–Crippen MR) is 68.1 cm³/mol. The van der Waals surface area contributed by atoms with Crippen LogP contribution in [0.4, 0.5) is 0 Å². The number of hydrogen-bond donors (Lipinski definition) is 2. The van der Waals surface area contributed by atoms with Crippen molar-refractivity contribution in [1.29, 1.82) is 0 Å². The minimum absolute atomic E-state index is 0.0781. The Labute approximate surface area is 101 Å². The Bertz CT molecular complexity index is 256. The molecule has 0 fully saturated rings. The zero-order valence-corrected chi connectivity index (χ0v) is 10.5. The lowest BCUT2D eigenvalue weighted by Crippen LogP contribution is -2.26. The van der Waals surface area contributed by atoms with Gasteiger partial charge in [-0.05, 0) is 25.6 Å². The van der Waals surface area contributed by atoms with Gasteiger partial charge in [0.1, 0.15) is 0 Å². The molecule has 5 nitrogen and oxygen atoms in total. The Morgan fingerprint density at radius 3 is 2.81 bits per heavy atom. The van der Waals surface area contributed by atoms with E-state index >= 15 is 0 Å². The van der Waals surface area contributed by atoms with Crippen molar-refractivity contribution in [2.24, 2.45) is 16.8 Å². The first-order valence-corrected chi connectivity index (χ1v) is 5.77. The molecular weight excluding hydrogens is 226 g/mol. The third kappa shape index (κ3) is 7.17. The molecule has 0 aliphatic heterocycles. The van der Waals surface area contributed by atoms with Gasteiger partial charge >= 0.3 is 5.97 Å². The second-order valence-corrected chi connectivity index (χ2v) is 3.69. The molecule has 6 heteroatoms. The van der Waals surface area contributed by atoms with Crippen molar-refractivity contribution in [1.82, 2.24) is 5.43 Å². The number of thiocarbonyl (C=S) groups is 1. The summed E-state index contributed by atoms with van der Waals surface area (Å²) in [6.07, 6.45) is 4.18. The standard InChI is InChI=1S/C10H19N3O2S/c1-3-5-6-8(9(14)15-4-2)7-12-13-10(11)16/h7-8H,3-6H2,1-2H3,(H3,11,13,16)/b12-7-/t8-/m0/s1. The van der Waals surface area contributed by atoms with Crippen molar-refractivity contribution >= 4 is 29.5 Å². The minimum atomic E-state index is -0.332. The molecule has 0 unspecified atom stereocenters. The second kappa shape index (κ2) is 9.08. The molecule has 0 rings (SSSR count). The fourth-order valence-corrected chi connectivity index (χ4v) is 1.17. The fraction of sp³-hybridized carbons (Fsp3) is 0.700. The molecule has 0 aliphatic carbocycles. The van der Waals surface area contributed by atoms with Gasteiger partial charge in [-0.15, -0.1) is 0 Å². The highest BCUT2D eigenvalue weighted by atomic mass is 32.1. The summed E-state index contributed by atoms with van der Waals surface area (Å²) in [5.74, 6) is -0.591. The Balaban J connectivity index is 4.23. The van der Waals surface area contributed by atoms with E-state index in [2.05, 4.69) is 29.7 Å². The molecule has 0 radical (unpaired) electrons. The average Bonchev–Trinajstić information content (AvgIpc) is 2.22. The second-order valence-electron chi connectivity index (χ2n) is 3.25. The number of nitrogens with zero attached hydrogens (tertiary/aromatic N) is 1. The molecule has 0 bridgehead atoms. The van der Waals surface area contributed by atoms with E-state index in [-0.39, 0.29) is 17.0 Å². The van der Waals surface area contributed by atoms with Gasteiger partial charge in [-0.1, -0.05) is 19.8 Å². The van der Waals surface area contributed by atoms with Gasteiger partial charge in [0.15, 0.2) is 5.11 Å². The molecule has 16 heavy (non-hydrogen) atoms. The topological polar surface area (TPSA) is 76.7 Å². The SMILES string of the molecule is CCCC[C@@H](/C=N\NC(N)=S)C(=O)OCC. The molecule has 92 valence electrons. The number of nitrogens with two attached hydrogens (primary N) is 1. The first kappa shape index (κ1) is 14.8. The van der Waals surface area contributed by atoms with Crippen molar-refractivity contribution in [2.75, 3.05) is 6.61 Å². The smallest absolute Gasteiger partial charge is 0.314 e. The minimum Gasteiger partial charge on any atom is -0.465 e. The van der Waals surface area contributed by atoms with Crippen LogP contribution in [0.2, 0.25) is 0 Å². The van der Waals surface area contributed by atoms with Gasteiger partial charge in [-0.25, -0.2) is 0 Å². The first-order chi connectivity index (χ1) is 7.61. The lowest BCUT2D eigenvalue weighted by molar-refractivity contribution is -0.145. The number of rotatable bonds is 7. The van der Waals surface area contributed by atoms with Gasteiger partial charge in [-0.2, -0.15) is 5.10 Å². The monoisotopic (exact) mass is 245 g/mol. The molecule has 0 heterocycles. The van der Waals surface area contributed by atoms with E-state index in [1.165, 1.54) is 6.21 Å². The summed E-state index contributed by atoms with van der Waals surface area (Å²) in [6.45, 7) is 4.21. The van der Waals surface area contributed by atoms with Crippen LogP contribution in [0.1, 0.15) is 33.1 Å². The summed E-state index contributed by atoms with van der Waals surface area (Å²) >= 11 is 4.59. The number of ether oxygens (including phenoxy) is 1. The van der Waals surface area contributed by atoms with E-state index in [0.29, 0.717) is 6.61 Å². The Morgan fingerprint density at radius 2 is 2.31 bits per heavy atom. The molecule has 0 saturated heterocycles. The predicted octanol–water partition coefficient (Wildman–Crippen LogP) is 1.17. The van der Waals surface area contributed by atoms with Crippen molar-refractivity contribution in [3.63, 3.8) is 0 Å². The van der Waals surface area contributed by atoms with E-state index < -0.39 is 0 Å². The normalized spacial score (nSPS) is 12.4. The first-order valence-electron chi connectivity index (χ1n) is 5.37. The van der Waals surface area contributed by atoms with E-state index in [0.717, 1.165) is 19.3 Å². The molecule has 0 saturated carbocycles. The Hall–Kier alpha value is -1.17. The van der Waals surface area contributed by atoms with Crippen LogP contribution in [0.15, 0.2) is 5.10 Å². The van der Waals surface area contributed by atoms with E-state index in [1.807, 2.05) is 0 Å². The van der Waals surface area contributed by atoms with Gasteiger partial charge in [-0.3, -0.25) is 10.2 Å². The lowest BCUT2D eigenvalue weighted by atomic mass is 10.0. The summed E-state index contributed by atoms with van der Waals surface area (Å²) < 4.78 is 4.94. The quantitative estimate of drug-likeness (QED) is 0.305. The third-order valence-corrected chi connectivity index (χ3v) is 1.98. The zero-order chi connectivity index (χ0) is 12.4. The van der Waals surface area contributed by atoms with E-state index in [4.69, 9.17) is 10.5 Å². The lowest BCUT2D eigenvalue weighted by Gasteiger charge is -2.10. The highest BCUT2D eigenvalue weighted by Gasteiger charge is 2.16. The Morgan fingerprint density at radius 1 is 1.62 bits per heavy atom. The van der Waals surface area contributed by atoms with E-state index in [9.17, 15) is 4.79 Å². The van der Waals surface area contributed by atoms with Crippen LogP contribution in [0, 0.1) is 5.92 Å². The molecule has 0 aliphatic rings. The summed E-state index contributed by atoms with van der Waals surface area (Å²) in [5, 5.41) is 3.86. The largest absolute Gasteiger partial charge is 0.465 e. The Kier molecular flexibility index (Phi) is 8.42. The highest BCUT2D eigenvalue weighted by Crippen LogP contribution is 2.08. The molecule has 0 aromatic rings. The third-order valence-electron chi connectivity index (χ3n) is 1.89.